The van der Waals surface area contributed by atoms with Gasteiger partial charge in [0.15, 0.2) is 0 Å². The fraction of sp³-hybridized carbons (Fsp3) is 0. The van der Waals surface area contributed by atoms with Crippen molar-refractivity contribution in [1.29, 1.82) is 0 Å². The van der Waals surface area contributed by atoms with Crippen LogP contribution in [0.3, 0.4) is 0 Å². The molecule has 1 amide bonds. The Labute approximate surface area is 141 Å². The Morgan fingerprint density at radius 3 is 2.62 bits per heavy atom. The lowest BCUT2D eigenvalue weighted by Gasteiger charge is -2.11. The van der Waals surface area contributed by atoms with Gasteiger partial charge in [-0.05, 0) is 50.1 Å². The highest BCUT2D eigenvalue weighted by Gasteiger charge is 2.18. The SMILES string of the molecule is O=C(Nc1c(Br)cccc1C(=O)O)c1cc(Br)cnc1Cl. The number of rotatable bonds is 3. The molecule has 8 heteroatoms. The summed E-state index contributed by atoms with van der Waals surface area (Å²) >= 11 is 12.3. The number of amides is 1. The smallest absolute Gasteiger partial charge is 0.337 e. The van der Waals surface area contributed by atoms with Crippen molar-refractivity contribution in [3.05, 3.63) is 55.7 Å². The van der Waals surface area contributed by atoms with Crippen LogP contribution in [0.15, 0.2) is 39.4 Å². The first-order valence-electron chi connectivity index (χ1n) is 5.54. The first-order valence-corrected chi connectivity index (χ1v) is 7.50. The predicted octanol–water partition coefficient (Wildman–Crippen LogP) is 4.21. The van der Waals surface area contributed by atoms with Crippen molar-refractivity contribution in [2.24, 2.45) is 0 Å². The maximum atomic E-state index is 12.2. The van der Waals surface area contributed by atoms with Crippen molar-refractivity contribution in [3.8, 4) is 0 Å². The van der Waals surface area contributed by atoms with Gasteiger partial charge in [0, 0.05) is 15.1 Å². The zero-order valence-electron chi connectivity index (χ0n) is 10.2. The number of para-hydroxylation sites is 1. The Hall–Kier alpha value is -1.44. The molecule has 0 radical (unpaired) electrons. The predicted molar refractivity (Wildman–Crippen MR) is 86.0 cm³/mol. The first-order chi connectivity index (χ1) is 9.90. The third-order valence-electron chi connectivity index (χ3n) is 2.53. The monoisotopic (exact) mass is 432 g/mol. The van der Waals surface area contributed by atoms with Crippen LogP contribution in [0.1, 0.15) is 20.7 Å². The number of aromatic carboxylic acids is 1. The topological polar surface area (TPSA) is 79.3 Å². The van der Waals surface area contributed by atoms with E-state index in [9.17, 15) is 9.59 Å². The molecule has 5 nitrogen and oxygen atoms in total. The van der Waals surface area contributed by atoms with Crippen LogP contribution in [0.5, 0.6) is 0 Å². The lowest BCUT2D eigenvalue weighted by atomic mass is 10.1. The minimum atomic E-state index is -1.15. The van der Waals surface area contributed by atoms with Crippen molar-refractivity contribution in [1.82, 2.24) is 4.98 Å². The maximum Gasteiger partial charge on any atom is 0.337 e. The van der Waals surface area contributed by atoms with Crippen LogP contribution in [0.25, 0.3) is 0 Å². The molecule has 1 aromatic carbocycles. The molecule has 2 aromatic rings. The highest BCUT2D eigenvalue weighted by molar-refractivity contribution is 9.10. The number of carbonyl (C=O) groups is 2. The van der Waals surface area contributed by atoms with Crippen LogP contribution >= 0.6 is 43.5 Å². The van der Waals surface area contributed by atoms with Crippen molar-refractivity contribution < 1.29 is 14.7 Å². The second kappa shape index (κ2) is 6.55. The molecular formula is C13H7Br2ClN2O3. The molecule has 2 N–H and O–H groups in total. The van der Waals surface area contributed by atoms with E-state index in [2.05, 4.69) is 42.2 Å². The van der Waals surface area contributed by atoms with Gasteiger partial charge in [0.1, 0.15) is 5.15 Å². The molecule has 0 aliphatic carbocycles. The summed E-state index contributed by atoms with van der Waals surface area (Å²) in [6, 6.07) is 6.09. The summed E-state index contributed by atoms with van der Waals surface area (Å²) in [6.07, 6.45) is 1.46. The normalized spacial score (nSPS) is 10.2. The first kappa shape index (κ1) is 15.9. The fourth-order valence-corrected chi connectivity index (χ4v) is 2.58. The summed E-state index contributed by atoms with van der Waals surface area (Å²) in [5, 5.41) is 11.7. The van der Waals surface area contributed by atoms with Gasteiger partial charge < -0.3 is 10.4 Å². The lowest BCUT2D eigenvalue weighted by molar-refractivity contribution is 0.0698. The highest BCUT2D eigenvalue weighted by Crippen LogP contribution is 2.28. The molecule has 21 heavy (non-hydrogen) atoms. The quantitative estimate of drug-likeness (QED) is 0.710. The van der Waals surface area contributed by atoms with Crippen LogP contribution in [0, 0.1) is 0 Å². The largest absolute Gasteiger partial charge is 0.478 e. The molecule has 0 saturated carbocycles. The van der Waals surface area contributed by atoms with Crippen LogP contribution in [0.2, 0.25) is 5.15 Å². The second-order valence-corrected chi connectivity index (χ2v) is 6.04. The highest BCUT2D eigenvalue weighted by atomic mass is 79.9. The van der Waals surface area contributed by atoms with E-state index in [0.717, 1.165) is 0 Å². The summed E-state index contributed by atoms with van der Waals surface area (Å²) in [5.74, 6) is -1.70. The zero-order chi connectivity index (χ0) is 15.6. The van der Waals surface area contributed by atoms with E-state index in [4.69, 9.17) is 16.7 Å². The summed E-state index contributed by atoms with van der Waals surface area (Å²) in [4.78, 5) is 27.3. The number of benzene rings is 1. The minimum Gasteiger partial charge on any atom is -0.478 e. The summed E-state index contributed by atoms with van der Waals surface area (Å²) in [6.45, 7) is 0. The van der Waals surface area contributed by atoms with E-state index in [1.54, 1.807) is 12.1 Å². The number of carboxylic acids is 1. The van der Waals surface area contributed by atoms with E-state index in [-0.39, 0.29) is 22.0 Å². The second-order valence-electron chi connectivity index (χ2n) is 3.91. The van der Waals surface area contributed by atoms with Gasteiger partial charge in [-0.2, -0.15) is 0 Å². The number of carboxylic acid groups (broad SMARTS) is 1. The van der Waals surface area contributed by atoms with Crippen molar-refractivity contribution in [2.45, 2.75) is 0 Å². The molecule has 2 rings (SSSR count). The number of nitrogens with zero attached hydrogens (tertiary/aromatic N) is 1. The van der Waals surface area contributed by atoms with E-state index in [1.165, 1.54) is 18.3 Å². The molecule has 0 bridgehead atoms. The fourth-order valence-electron chi connectivity index (χ4n) is 1.59. The molecule has 0 spiro atoms. The van der Waals surface area contributed by atoms with Crippen molar-refractivity contribution in [2.75, 3.05) is 5.32 Å². The Kier molecular flexibility index (Phi) is 4.97. The molecule has 1 heterocycles. The van der Waals surface area contributed by atoms with Gasteiger partial charge in [0.05, 0.1) is 16.8 Å². The molecular weight excluding hydrogens is 427 g/mol. The third kappa shape index (κ3) is 3.61. The molecule has 0 aliphatic heterocycles. The van der Waals surface area contributed by atoms with Gasteiger partial charge in [0.25, 0.3) is 5.91 Å². The van der Waals surface area contributed by atoms with Gasteiger partial charge in [0.2, 0.25) is 0 Å². The van der Waals surface area contributed by atoms with E-state index >= 15 is 0 Å². The van der Waals surface area contributed by atoms with Crippen molar-refractivity contribution >= 4 is 61.0 Å². The van der Waals surface area contributed by atoms with E-state index < -0.39 is 11.9 Å². The van der Waals surface area contributed by atoms with Crippen LogP contribution in [0.4, 0.5) is 5.69 Å². The number of aromatic nitrogens is 1. The molecule has 108 valence electrons. The molecule has 1 aromatic heterocycles. The molecule has 0 saturated heterocycles. The minimum absolute atomic E-state index is 0.0274. The van der Waals surface area contributed by atoms with Gasteiger partial charge in [-0.1, -0.05) is 17.7 Å². The standard InChI is InChI=1S/C13H7Br2ClN2O3/c14-6-4-8(11(16)17-5-6)12(19)18-10-7(13(20)21)2-1-3-9(10)15/h1-5H,(H,18,19)(H,20,21). The molecule has 0 fully saturated rings. The average Bonchev–Trinajstić information content (AvgIpc) is 2.43. The Morgan fingerprint density at radius 2 is 1.95 bits per heavy atom. The number of carbonyl (C=O) groups excluding carboxylic acids is 1. The number of anilines is 1. The van der Waals surface area contributed by atoms with Gasteiger partial charge in [-0.25, -0.2) is 9.78 Å². The average molecular weight is 434 g/mol. The molecule has 0 atom stereocenters. The zero-order valence-corrected chi connectivity index (χ0v) is 14.2. The van der Waals surface area contributed by atoms with Crippen LogP contribution < -0.4 is 5.32 Å². The lowest BCUT2D eigenvalue weighted by Crippen LogP contribution is -2.16. The molecule has 0 aliphatic rings. The molecule has 0 unspecified atom stereocenters. The summed E-state index contributed by atoms with van der Waals surface area (Å²) in [7, 11) is 0. The van der Waals surface area contributed by atoms with Gasteiger partial charge in [-0.15, -0.1) is 0 Å². The van der Waals surface area contributed by atoms with Crippen LogP contribution in [-0.2, 0) is 0 Å². The van der Waals surface area contributed by atoms with Crippen molar-refractivity contribution in [3.63, 3.8) is 0 Å². The number of halogens is 3. The van der Waals surface area contributed by atoms with E-state index in [0.29, 0.717) is 8.95 Å². The summed E-state index contributed by atoms with van der Waals surface area (Å²) < 4.78 is 1.04. The number of pyridine rings is 1. The van der Waals surface area contributed by atoms with Crippen LogP contribution in [-0.4, -0.2) is 22.0 Å². The van der Waals surface area contributed by atoms with E-state index in [1.807, 2.05) is 0 Å². The van der Waals surface area contributed by atoms with Gasteiger partial charge >= 0.3 is 5.97 Å². The number of hydrogen-bond acceptors (Lipinski definition) is 3. The Morgan fingerprint density at radius 1 is 1.24 bits per heavy atom. The third-order valence-corrected chi connectivity index (χ3v) is 3.93. The number of nitrogens with one attached hydrogen (secondary N) is 1. The Bertz CT molecular complexity index is 737. The maximum absolute atomic E-state index is 12.2. The summed E-state index contributed by atoms with van der Waals surface area (Å²) in [5.41, 5.74) is 0.265. The Balaban J connectivity index is 2.41. The number of hydrogen-bond donors (Lipinski definition) is 2. The van der Waals surface area contributed by atoms with Gasteiger partial charge in [-0.3, -0.25) is 4.79 Å².